The van der Waals surface area contributed by atoms with Crippen LogP contribution in [0.3, 0.4) is 0 Å². The van der Waals surface area contributed by atoms with Crippen molar-refractivity contribution in [3.05, 3.63) is 48.0 Å². The lowest BCUT2D eigenvalue weighted by atomic mass is 10.0. The monoisotopic (exact) mass is 253 g/mol. The number of nitrogen functional groups attached to an aromatic ring is 1. The molecule has 0 aromatic heterocycles. The van der Waals surface area contributed by atoms with Crippen molar-refractivity contribution < 1.29 is 18.3 Å². The second kappa shape index (κ2) is 4.25. The van der Waals surface area contributed by atoms with Crippen LogP contribution in [-0.4, -0.2) is 5.11 Å². The van der Waals surface area contributed by atoms with Crippen molar-refractivity contribution in [2.45, 2.75) is 6.18 Å². The van der Waals surface area contributed by atoms with Crippen molar-refractivity contribution in [3.8, 4) is 16.9 Å². The Balaban J connectivity index is 2.48. The molecule has 0 spiro atoms. The summed E-state index contributed by atoms with van der Waals surface area (Å²) in [5.41, 5.74) is 5.85. The van der Waals surface area contributed by atoms with Crippen LogP contribution in [0, 0.1) is 0 Å². The van der Waals surface area contributed by atoms with Crippen LogP contribution in [0.1, 0.15) is 5.56 Å². The van der Waals surface area contributed by atoms with Gasteiger partial charge in [0, 0.05) is 0 Å². The van der Waals surface area contributed by atoms with Gasteiger partial charge in [0.2, 0.25) is 0 Å². The molecule has 0 heterocycles. The molecule has 0 saturated carbocycles. The van der Waals surface area contributed by atoms with E-state index in [-0.39, 0.29) is 11.4 Å². The van der Waals surface area contributed by atoms with Gasteiger partial charge in [-0.3, -0.25) is 0 Å². The maximum atomic E-state index is 12.6. The first-order valence-corrected chi connectivity index (χ1v) is 5.14. The van der Waals surface area contributed by atoms with Gasteiger partial charge in [-0.2, -0.15) is 13.2 Å². The first-order chi connectivity index (χ1) is 8.38. The molecule has 3 N–H and O–H groups in total. The summed E-state index contributed by atoms with van der Waals surface area (Å²) < 4.78 is 37.7. The van der Waals surface area contributed by atoms with Gasteiger partial charge in [-0.05, 0) is 35.4 Å². The topological polar surface area (TPSA) is 46.2 Å². The molecule has 2 nitrogen and oxygen atoms in total. The van der Waals surface area contributed by atoms with Gasteiger partial charge in [0.15, 0.2) is 0 Å². The van der Waals surface area contributed by atoms with Gasteiger partial charge < -0.3 is 10.8 Å². The second-order valence-electron chi connectivity index (χ2n) is 3.85. The molecule has 0 fully saturated rings. The van der Waals surface area contributed by atoms with Gasteiger partial charge in [-0.1, -0.05) is 18.2 Å². The number of hydrogen-bond donors (Lipinski definition) is 2. The minimum absolute atomic E-state index is 0.0919. The van der Waals surface area contributed by atoms with Crippen LogP contribution in [0.5, 0.6) is 5.75 Å². The summed E-state index contributed by atoms with van der Waals surface area (Å²) in [6.45, 7) is 0. The summed E-state index contributed by atoms with van der Waals surface area (Å²) in [7, 11) is 0. The first kappa shape index (κ1) is 12.3. The van der Waals surface area contributed by atoms with E-state index in [1.165, 1.54) is 24.3 Å². The van der Waals surface area contributed by atoms with Gasteiger partial charge >= 0.3 is 6.18 Å². The minimum atomic E-state index is -4.38. The highest BCUT2D eigenvalue weighted by atomic mass is 19.4. The van der Waals surface area contributed by atoms with E-state index in [0.29, 0.717) is 11.1 Å². The molecule has 0 unspecified atom stereocenters. The highest BCUT2D eigenvalue weighted by molar-refractivity contribution is 5.70. The van der Waals surface area contributed by atoms with E-state index >= 15 is 0 Å². The molecule has 2 aromatic carbocycles. The average molecular weight is 253 g/mol. The summed E-state index contributed by atoms with van der Waals surface area (Å²) in [6, 6.07) is 9.25. The van der Waals surface area contributed by atoms with Crippen LogP contribution in [0.2, 0.25) is 0 Å². The van der Waals surface area contributed by atoms with Gasteiger partial charge in [0.25, 0.3) is 0 Å². The summed E-state index contributed by atoms with van der Waals surface area (Å²) in [5.74, 6) is -0.0919. The van der Waals surface area contributed by atoms with E-state index in [4.69, 9.17) is 5.73 Å². The number of rotatable bonds is 1. The maximum Gasteiger partial charge on any atom is 0.416 e. The number of halogens is 3. The third-order valence-corrected chi connectivity index (χ3v) is 2.55. The number of phenols is 1. The number of hydrogen-bond acceptors (Lipinski definition) is 2. The maximum absolute atomic E-state index is 12.6. The number of benzene rings is 2. The van der Waals surface area contributed by atoms with Gasteiger partial charge in [-0.25, -0.2) is 0 Å². The van der Waals surface area contributed by atoms with Crippen LogP contribution in [0.15, 0.2) is 42.5 Å². The largest absolute Gasteiger partial charge is 0.506 e. The van der Waals surface area contributed by atoms with E-state index in [9.17, 15) is 18.3 Å². The van der Waals surface area contributed by atoms with Crippen molar-refractivity contribution in [2.24, 2.45) is 0 Å². The third kappa shape index (κ3) is 2.40. The van der Waals surface area contributed by atoms with E-state index in [1.807, 2.05) is 0 Å². The van der Waals surface area contributed by atoms with Crippen LogP contribution in [0.4, 0.5) is 18.9 Å². The lowest BCUT2D eigenvalue weighted by Crippen LogP contribution is -2.04. The Hall–Kier alpha value is -2.17. The lowest BCUT2D eigenvalue weighted by Gasteiger charge is -2.09. The number of nitrogens with two attached hydrogens (primary N) is 1. The number of phenolic OH excluding ortho intramolecular Hbond substituents is 1. The van der Waals surface area contributed by atoms with Gasteiger partial charge in [-0.15, -0.1) is 0 Å². The molecule has 0 amide bonds. The van der Waals surface area contributed by atoms with E-state index in [2.05, 4.69) is 0 Å². The number of anilines is 1. The fourth-order valence-corrected chi connectivity index (χ4v) is 1.61. The Morgan fingerprint density at radius 2 is 1.61 bits per heavy atom. The zero-order valence-electron chi connectivity index (χ0n) is 9.20. The van der Waals surface area contributed by atoms with Gasteiger partial charge in [0.05, 0.1) is 11.3 Å². The van der Waals surface area contributed by atoms with Crippen molar-refractivity contribution >= 4 is 5.69 Å². The van der Waals surface area contributed by atoms with Crippen LogP contribution >= 0.6 is 0 Å². The first-order valence-electron chi connectivity index (χ1n) is 5.14. The molecular weight excluding hydrogens is 243 g/mol. The fourth-order valence-electron chi connectivity index (χ4n) is 1.61. The van der Waals surface area contributed by atoms with Crippen LogP contribution in [-0.2, 0) is 6.18 Å². The number of alkyl halides is 3. The Morgan fingerprint density at radius 3 is 2.22 bits per heavy atom. The third-order valence-electron chi connectivity index (χ3n) is 2.55. The Labute approximate surface area is 101 Å². The predicted octanol–water partition coefficient (Wildman–Crippen LogP) is 3.66. The molecule has 0 aliphatic rings. The molecule has 2 aromatic rings. The molecular formula is C13H10F3NO. The van der Waals surface area contributed by atoms with Crippen LogP contribution < -0.4 is 5.73 Å². The van der Waals surface area contributed by atoms with Crippen LogP contribution in [0.25, 0.3) is 11.1 Å². The summed E-state index contributed by atoms with van der Waals surface area (Å²) in [4.78, 5) is 0. The quantitative estimate of drug-likeness (QED) is 0.601. The van der Waals surface area contributed by atoms with Crippen molar-refractivity contribution in [2.75, 3.05) is 5.73 Å². The normalized spacial score (nSPS) is 11.5. The molecule has 0 atom stereocenters. The van der Waals surface area contributed by atoms with Crippen molar-refractivity contribution in [3.63, 3.8) is 0 Å². The minimum Gasteiger partial charge on any atom is -0.506 e. The Kier molecular flexibility index (Phi) is 2.90. The molecule has 5 heteroatoms. The lowest BCUT2D eigenvalue weighted by molar-refractivity contribution is -0.137. The summed E-state index contributed by atoms with van der Waals surface area (Å²) >= 11 is 0. The molecule has 18 heavy (non-hydrogen) atoms. The molecule has 0 aliphatic carbocycles. The zero-order chi connectivity index (χ0) is 13.3. The molecule has 2 rings (SSSR count). The van der Waals surface area contributed by atoms with E-state index < -0.39 is 11.7 Å². The second-order valence-corrected chi connectivity index (χ2v) is 3.85. The predicted molar refractivity (Wildman–Crippen MR) is 63.0 cm³/mol. The summed E-state index contributed by atoms with van der Waals surface area (Å²) in [6.07, 6.45) is -4.38. The summed E-state index contributed by atoms with van der Waals surface area (Å²) in [5, 5.41) is 9.27. The number of aromatic hydroxyl groups is 1. The highest BCUT2D eigenvalue weighted by Crippen LogP contribution is 2.33. The zero-order valence-corrected chi connectivity index (χ0v) is 9.20. The molecule has 0 radical (unpaired) electrons. The SMILES string of the molecule is Nc1cc(-c2cccc(C(F)(F)F)c2)ccc1O. The van der Waals surface area contributed by atoms with Crippen molar-refractivity contribution in [1.82, 2.24) is 0 Å². The molecule has 0 bridgehead atoms. The Morgan fingerprint density at radius 1 is 0.944 bits per heavy atom. The highest BCUT2D eigenvalue weighted by Gasteiger charge is 2.30. The van der Waals surface area contributed by atoms with E-state index in [0.717, 1.165) is 12.1 Å². The Bertz CT molecular complexity index is 579. The van der Waals surface area contributed by atoms with E-state index in [1.54, 1.807) is 6.07 Å². The van der Waals surface area contributed by atoms with Crippen molar-refractivity contribution in [1.29, 1.82) is 0 Å². The molecule has 0 saturated heterocycles. The fraction of sp³-hybridized carbons (Fsp3) is 0.0769. The molecule has 94 valence electrons. The standard InChI is InChI=1S/C13H10F3NO/c14-13(15,16)10-3-1-2-8(6-10)9-4-5-12(18)11(17)7-9/h1-7,18H,17H2. The van der Waals surface area contributed by atoms with Gasteiger partial charge in [0.1, 0.15) is 5.75 Å². The molecule has 0 aliphatic heterocycles. The smallest absolute Gasteiger partial charge is 0.416 e. The average Bonchev–Trinajstić information content (AvgIpc) is 2.32.